The molecule has 4 nitrogen and oxygen atoms in total. The van der Waals surface area contributed by atoms with Crippen LogP contribution in [0.15, 0.2) is 18.2 Å². The molecule has 2 amide bonds. The normalized spacial score (nSPS) is 21.6. The fourth-order valence-corrected chi connectivity index (χ4v) is 2.97. The SMILES string of the molecule is CCc1cccc2c1CCC(NC(C)=O)(C(N)=O)C2. The Bertz CT molecular complexity index is 525. The molecule has 0 spiro atoms. The lowest BCUT2D eigenvalue weighted by molar-refractivity contribution is -0.131. The molecule has 0 bridgehead atoms. The highest BCUT2D eigenvalue weighted by atomic mass is 16.2. The maximum absolute atomic E-state index is 11.8. The fraction of sp³-hybridized carbons (Fsp3) is 0.467. The molecule has 0 aliphatic heterocycles. The second-order valence-corrected chi connectivity index (χ2v) is 5.21. The van der Waals surface area contributed by atoms with Crippen molar-refractivity contribution in [3.8, 4) is 0 Å². The quantitative estimate of drug-likeness (QED) is 0.854. The van der Waals surface area contributed by atoms with Crippen LogP contribution < -0.4 is 11.1 Å². The van der Waals surface area contributed by atoms with E-state index in [2.05, 4.69) is 18.3 Å². The minimum atomic E-state index is -0.925. The number of carbonyl (C=O) groups is 2. The maximum Gasteiger partial charge on any atom is 0.243 e. The van der Waals surface area contributed by atoms with Gasteiger partial charge in [0.05, 0.1) is 0 Å². The summed E-state index contributed by atoms with van der Waals surface area (Å²) in [7, 11) is 0. The third kappa shape index (κ3) is 2.48. The minimum Gasteiger partial charge on any atom is -0.368 e. The molecule has 0 aromatic heterocycles. The van der Waals surface area contributed by atoms with Gasteiger partial charge >= 0.3 is 0 Å². The highest BCUT2D eigenvalue weighted by molar-refractivity contribution is 5.90. The molecule has 1 atom stereocenters. The fourth-order valence-electron chi connectivity index (χ4n) is 2.97. The molecule has 102 valence electrons. The van der Waals surface area contributed by atoms with Gasteiger partial charge in [0.1, 0.15) is 5.54 Å². The zero-order chi connectivity index (χ0) is 14.0. The summed E-state index contributed by atoms with van der Waals surface area (Å²) in [5.74, 6) is -0.663. The summed E-state index contributed by atoms with van der Waals surface area (Å²) in [5, 5.41) is 2.76. The van der Waals surface area contributed by atoms with Gasteiger partial charge in [-0.05, 0) is 36.0 Å². The summed E-state index contributed by atoms with van der Waals surface area (Å²) in [6, 6.07) is 6.14. The molecule has 3 N–H and O–H groups in total. The van der Waals surface area contributed by atoms with Gasteiger partial charge in [0.15, 0.2) is 0 Å². The van der Waals surface area contributed by atoms with Gasteiger partial charge in [-0.25, -0.2) is 0 Å². The first-order valence-electron chi connectivity index (χ1n) is 6.67. The van der Waals surface area contributed by atoms with Crippen molar-refractivity contribution in [1.82, 2.24) is 5.32 Å². The molecule has 2 rings (SSSR count). The number of carbonyl (C=O) groups excluding carboxylic acids is 2. The van der Waals surface area contributed by atoms with E-state index in [0.717, 1.165) is 18.4 Å². The number of hydrogen-bond acceptors (Lipinski definition) is 2. The second-order valence-electron chi connectivity index (χ2n) is 5.21. The number of fused-ring (bicyclic) bond motifs is 1. The Morgan fingerprint density at radius 2 is 2.16 bits per heavy atom. The number of primary amides is 1. The summed E-state index contributed by atoms with van der Waals surface area (Å²) in [6.07, 6.45) is 2.83. The Morgan fingerprint density at radius 1 is 1.42 bits per heavy atom. The molecule has 0 saturated carbocycles. The van der Waals surface area contributed by atoms with Crippen molar-refractivity contribution >= 4 is 11.8 Å². The summed E-state index contributed by atoms with van der Waals surface area (Å²) in [6.45, 7) is 3.54. The van der Waals surface area contributed by atoms with E-state index in [9.17, 15) is 9.59 Å². The van der Waals surface area contributed by atoms with Crippen LogP contribution in [0.4, 0.5) is 0 Å². The number of hydrogen-bond donors (Lipinski definition) is 2. The Kier molecular flexibility index (Phi) is 3.60. The standard InChI is InChI=1S/C15H20N2O2/c1-3-11-5-4-6-12-9-15(14(16)19,17-10(2)18)8-7-13(11)12/h4-6H,3,7-9H2,1-2H3,(H2,16,19)(H,17,18). The van der Waals surface area contributed by atoms with Crippen molar-refractivity contribution in [2.24, 2.45) is 5.73 Å². The van der Waals surface area contributed by atoms with E-state index in [0.29, 0.717) is 12.8 Å². The molecule has 1 aromatic carbocycles. The lowest BCUT2D eigenvalue weighted by Gasteiger charge is -2.36. The molecule has 0 radical (unpaired) electrons. The summed E-state index contributed by atoms with van der Waals surface area (Å²) in [4.78, 5) is 23.1. The van der Waals surface area contributed by atoms with E-state index in [4.69, 9.17) is 5.73 Å². The van der Waals surface area contributed by atoms with Gasteiger partial charge in [-0.2, -0.15) is 0 Å². The van der Waals surface area contributed by atoms with Crippen LogP contribution in [0.2, 0.25) is 0 Å². The van der Waals surface area contributed by atoms with Crippen LogP contribution in [-0.2, 0) is 28.9 Å². The number of benzene rings is 1. The average molecular weight is 260 g/mol. The van der Waals surface area contributed by atoms with Crippen molar-refractivity contribution < 1.29 is 9.59 Å². The molecular formula is C15H20N2O2. The van der Waals surface area contributed by atoms with Gasteiger partial charge in [0, 0.05) is 13.3 Å². The number of amides is 2. The minimum absolute atomic E-state index is 0.214. The molecule has 1 unspecified atom stereocenters. The maximum atomic E-state index is 11.8. The zero-order valence-electron chi connectivity index (χ0n) is 11.5. The highest BCUT2D eigenvalue weighted by Gasteiger charge is 2.40. The van der Waals surface area contributed by atoms with Crippen molar-refractivity contribution in [3.63, 3.8) is 0 Å². The first-order valence-corrected chi connectivity index (χ1v) is 6.67. The predicted molar refractivity (Wildman–Crippen MR) is 73.6 cm³/mol. The molecule has 4 heteroatoms. The van der Waals surface area contributed by atoms with Crippen molar-refractivity contribution in [1.29, 1.82) is 0 Å². The molecular weight excluding hydrogens is 240 g/mol. The van der Waals surface area contributed by atoms with Gasteiger partial charge in [0.25, 0.3) is 0 Å². The highest BCUT2D eigenvalue weighted by Crippen LogP contribution is 2.31. The number of nitrogens with two attached hydrogens (primary N) is 1. The van der Waals surface area contributed by atoms with Crippen LogP contribution in [-0.4, -0.2) is 17.4 Å². The molecule has 0 saturated heterocycles. The van der Waals surface area contributed by atoms with E-state index in [1.165, 1.54) is 18.1 Å². The predicted octanol–water partition coefficient (Wildman–Crippen LogP) is 1.10. The Morgan fingerprint density at radius 3 is 2.74 bits per heavy atom. The average Bonchev–Trinajstić information content (AvgIpc) is 2.36. The number of rotatable bonds is 3. The van der Waals surface area contributed by atoms with E-state index in [1.807, 2.05) is 12.1 Å². The van der Waals surface area contributed by atoms with Crippen molar-refractivity contribution in [3.05, 3.63) is 34.9 Å². The van der Waals surface area contributed by atoms with Gasteiger partial charge in [-0.3, -0.25) is 9.59 Å². The summed E-state index contributed by atoms with van der Waals surface area (Å²) < 4.78 is 0. The summed E-state index contributed by atoms with van der Waals surface area (Å²) in [5.41, 5.74) is 8.35. The van der Waals surface area contributed by atoms with Gasteiger partial charge in [0.2, 0.25) is 11.8 Å². The Balaban J connectivity index is 2.39. The molecule has 1 aromatic rings. The van der Waals surface area contributed by atoms with Crippen LogP contribution in [0.1, 0.15) is 37.0 Å². The Hall–Kier alpha value is -1.84. The van der Waals surface area contributed by atoms with Gasteiger partial charge < -0.3 is 11.1 Å². The largest absolute Gasteiger partial charge is 0.368 e. The third-order valence-electron chi connectivity index (χ3n) is 3.93. The van der Waals surface area contributed by atoms with E-state index in [-0.39, 0.29) is 5.91 Å². The van der Waals surface area contributed by atoms with Gasteiger partial charge in [-0.1, -0.05) is 25.1 Å². The van der Waals surface area contributed by atoms with Crippen molar-refractivity contribution in [2.45, 2.75) is 45.1 Å². The molecule has 1 aliphatic rings. The monoisotopic (exact) mass is 260 g/mol. The molecule has 19 heavy (non-hydrogen) atoms. The van der Waals surface area contributed by atoms with Crippen LogP contribution in [0.5, 0.6) is 0 Å². The van der Waals surface area contributed by atoms with Crippen LogP contribution >= 0.6 is 0 Å². The lowest BCUT2D eigenvalue weighted by atomic mass is 9.75. The van der Waals surface area contributed by atoms with E-state index < -0.39 is 11.4 Å². The summed E-state index contributed by atoms with van der Waals surface area (Å²) >= 11 is 0. The van der Waals surface area contributed by atoms with Crippen LogP contribution in [0.25, 0.3) is 0 Å². The van der Waals surface area contributed by atoms with Crippen LogP contribution in [0.3, 0.4) is 0 Å². The van der Waals surface area contributed by atoms with E-state index in [1.54, 1.807) is 0 Å². The lowest BCUT2D eigenvalue weighted by Crippen LogP contribution is -2.60. The third-order valence-corrected chi connectivity index (χ3v) is 3.93. The molecule has 0 heterocycles. The van der Waals surface area contributed by atoms with Crippen LogP contribution in [0, 0.1) is 0 Å². The topological polar surface area (TPSA) is 72.2 Å². The van der Waals surface area contributed by atoms with Gasteiger partial charge in [-0.15, -0.1) is 0 Å². The Labute approximate surface area is 113 Å². The number of nitrogens with one attached hydrogen (secondary N) is 1. The second kappa shape index (κ2) is 5.03. The first-order chi connectivity index (χ1) is 8.98. The van der Waals surface area contributed by atoms with E-state index >= 15 is 0 Å². The first kappa shape index (κ1) is 13.6. The van der Waals surface area contributed by atoms with Crippen molar-refractivity contribution in [2.75, 3.05) is 0 Å². The molecule has 1 aliphatic carbocycles. The number of aryl methyl sites for hydroxylation is 1. The molecule has 0 fully saturated rings. The zero-order valence-corrected chi connectivity index (χ0v) is 11.5. The smallest absolute Gasteiger partial charge is 0.243 e.